The lowest BCUT2D eigenvalue weighted by atomic mass is 9.67. The van der Waals surface area contributed by atoms with Gasteiger partial charge in [0.15, 0.2) is 0 Å². The first kappa shape index (κ1) is 13.3. The normalized spacial score (nSPS) is 23.5. The molecule has 0 aromatic carbocycles. The minimum absolute atomic E-state index is 0.184. The van der Waals surface area contributed by atoms with Crippen LogP contribution in [-0.4, -0.2) is 47.7 Å². The molecule has 1 aliphatic carbocycles. The number of carbonyl (C=O) groups excluding carboxylic acids is 1. The molecule has 0 aromatic heterocycles. The Hall–Kier alpha value is -1.10. The van der Waals surface area contributed by atoms with Crippen molar-refractivity contribution in [2.45, 2.75) is 45.1 Å². The van der Waals surface area contributed by atoms with E-state index in [1.165, 1.54) is 0 Å². The summed E-state index contributed by atoms with van der Waals surface area (Å²) in [5.74, 6) is -1.14. The molecule has 5 nitrogen and oxygen atoms in total. The summed E-state index contributed by atoms with van der Waals surface area (Å²) >= 11 is 0. The topological polar surface area (TPSA) is 66.8 Å². The smallest absolute Gasteiger partial charge is 0.319 e. The van der Waals surface area contributed by atoms with E-state index >= 15 is 0 Å². The maximum Gasteiger partial charge on any atom is 0.319 e. The Morgan fingerprint density at radius 1 is 1.33 bits per heavy atom. The van der Waals surface area contributed by atoms with Gasteiger partial charge in [0.1, 0.15) is 5.41 Å². The van der Waals surface area contributed by atoms with Gasteiger partial charge in [-0.1, -0.05) is 6.42 Å². The molecule has 2 aliphatic rings. The molecule has 2 fully saturated rings. The molecular weight excluding hydrogens is 234 g/mol. The zero-order chi connectivity index (χ0) is 13.2. The third-order valence-electron chi connectivity index (χ3n) is 4.16. The van der Waals surface area contributed by atoms with Crippen LogP contribution in [0.4, 0.5) is 0 Å². The molecule has 18 heavy (non-hydrogen) atoms. The van der Waals surface area contributed by atoms with E-state index in [-0.39, 0.29) is 12.0 Å². The zero-order valence-corrected chi connectivity index (χ0v) is 10.9. The van der Waals surface area contributed by atoms with Gasteiger partial charge in [-0.2, -0.15) is 0 Å². The summed E-state index contributed by atoms with van der Waals surface area (Å²) in [7, 11) is 0. The van der Waals surface area contributed by atoms with E-state index in [4.69, 9.17) is 4.74 Å². The monoisotopic (exact) mass is 255 g/mol. The average Bonchev–Trinajstić information content (AvgIpc) is 2.28. The second kappa shape index (κ2) is 5.26. The van der Waals surface area contributed by atoms with Crippen LogP contribution in [-0.2, 0) is 14.3 Å². The second-order valence-electron chi connectivity index (χ2n) is 5.19. The van der Waals surface area contributed by atoms with Gasteiger partial charge < -0.3 is 14.7 Å². The Bertz CT molecular complexity index is 330. The number of piperidine rings is 1. The lowest BCUT2D eigenvalue weighted by Crippen LogP contribution is -2.54. The lowest BCUT2D eigenvalue weighted by Gasteiger charge is -2.42. The predicted molar refractivity (Wildman–Crippen MR) is 65.1 cm³/mol. The molecule has 1 aliphatic heterocycles. The molecule has 2 rings (SSSR count). The van der Waals surface area contributed by atoms with Gasteiger partial charge in [0.25, 0.3) is 0 Å². The van der Waals surface area contributed by atoms with Crippen LogP contribution >= 0.6 is 0 Å². The summed E-state index contributed by atoms with van der Waals surface area (Å²) < 4.78 is 5.53. The number of likely N-dealkylation sites (tertiary alicyclic amines) is 1. The highest BCUT2D eigenvalue weighted by atomic mass is 16.5. The standard InChI is InChI=1S/C13H21NO4/c1-2-18-10-4-8-14(9-5-10)11(15)13(12(16)17)6-3-7-13/h10H,2-9H2,1H3,(H,16,17). The molecule has 1 heterocycles. The fourth-order valence-corrected chi connectivity index (χ4v) is 2.81. The number of carbonyl (C=O) groups is 2. The average molecular weight is 255 g/mol. The summed E-state index contributed by atoms with van der Waals surface area (Å²) in [5, 5.41) is 9.25. The summed E-state index contributed by atoms with van der Waals surface area (Å²) in [6.45, 7) is 3.90. The molecule has 0 unspecified atom stereocenters. The zero-order valence-electron chi connectivity index (χ0n) is 10.9. The molecule has 1 amide bonds. The van der Waals surface area contributed by atoms with Crippen LogP contribution in [0.5, 0.6) is 0 Å². The first-order valence-electron chi connectivity index (χ1n) is 6.74. The van der Waals surface area contributed by atoms with Crippen LogP contribution in [0.25, 0.3) is 0 Å². The fraction of sp³-hybridized carbons (Fsp3) is 0.846. The van der Waals surface area contributed by atoms with E-state index in [1.54, 1.807) is 4.90 Å². The van der Waals surface area contributed by atoms with Crippen LogP contribution in [0.15, 0.2) is 0 Å². The summed E-state index contributed by atoms with van der Waals surface area (Å²) in [6.07, 6.45) is 3.68. The Morgan fingerprint density at radius 3 is 2.33 bits per heavy atom. The lowest BCUT2D eigenvalue weighted by molar-refractivity contribution is -0.168. The van der Waals surface area contributed by atoms with Crippen molar-refractivity contribution in [1.29, 1.82) is 0 Å². The first-order valence-corrected chi connectivity index (χ1v) is 6.74. The van der Waals surface area contributed by atoms with Crippen LogP contribution in [0.2, 0.25) is 0 Å². The first-order chi connectivity index (χ1) is 8.60. The van der Waals surface area contributed by atoms with E-state index in [2.05, 4.69) is 0 Å². The van der Waals surface area contributed by atoms with Crippen molar-refractivity contribution in [1.82, 2.24) is 4.90 Å². The van der Waals surface area contributed by atoms with Crippen molar-refractivity contribution in [3.05, 3.63) is 0 Å². The summed E-state index contributed by atoms with van der Waals surface area (Å²) in [5.41, 5.74) is -1.11. The van der Waals surface area contributed by atoms with Crippen molar-refractivity contribution in [3.63, 3.8) is 0 Å². The molecule has 5 heteroatoms. The Kier molecular flexibility index (Phi) is 3.90. The Labute approximate surface area is 107 Å². The van der Waals surface area contributed by atoms with Gasteiger partial charge in [0.05, 0.1) is 6.10 Å². The SMILES string of the molecule is CCOC1CCN(C(=O)C2(C(=O)O)CCC2)CC1. The van der Waals surface area contributed by atoms with Crippen molar-refractivity contribution in [2.75, 3.05) is 19.7 Å². The minimum Gasteiger partial charge on any atom is -0.480 e. The van der Waals surface area contributed by atoms with E-state index in [0.29, 0.717) is 32.5 Å². The van der Waals surface area contributed by atoms with E-state index in [9.17, 15) is 14.7 Å². The number of ether oxygens (including phenoxy) is 1. The number of hydrogen-bond donors (Lipinski definition) is 1. The number of nitrogens with zero attached hydrogens (tertiary/aromatic N) is 1. The van der Waals surface area contributed by atoms with Gasteiger partial charge in [-0.25, -0.2) is 0 Å². The molecule has 0 bridgehead atoms. The Morgan fingerprint density at radius 2 is 1.94 bits per heavy atom. The molecule has 0 spiro atoms. The Balaban J connectivity index is 1.93. The van der Waals surface area contributed by atoms with Gasteiger partial charge in [-0.3, -0.25) is 9.59 Å². The van der Waals surface area contributed by atoms with Crippen molar-refractivity contribution in [3.8, 4) is 0 Å². The number of rotatable bonds is 4. The minimum atomic E-state index is -1.11. The molecule has 0 radical (unpaired) electrons. The van der Waals surface area contributed by atoms with Gasteiger partial charge in [-0.15, -0.1) is 0 Å². The van der Waals surface area contributed by atoms with Gasteiger partial charge in [0, 0.05) is 19.7 Å². The molecule has 1 N–H and O–H groups in total. The van der Waals surface area contributed by atoms with Crippen LogP contribution in [0, 0.1) is 5.41 Å². The van der Waals surface area contributed by atoms with Gasteiger partial charge in [0.2, 0.25) is 5.91 Å². The van der Waals surface area contributed by atoms with Gasteiger partial charge in [-0.05, 0) is 32.6 Å². The van der Waals surface area contributed by atoms with Crippen LogP contribution in [0.3, 0.4) is 0 Å². The van der Waals surface area contributed by atoms with Crippen LogP contribution in [0.1, 0.15) is 39.0 Å². The van der Waals surface area contributed by atoms with E-state index in [1.807, 2.05) is 6.92 Å². The third-order valence-corrected chi connectivity index (χ3v) is 4.16. The van der Waals surface area contributed by atoms with Crippen LogP contribution < -0.4 is 0 Å². The maximum absolute atomic E-state index is 12.3. The highest BCUT2D eigenvalue weighted by Gasteiger charge is 2.53. The highest BCUT2D eigenvalue weighted by Crippen LogP contribution is 2.43. The molecule has 1 saturated carbocycles. The fourth-order valence-electron chi connectivity index (χ4n) is 2.81. The molecule has 0 aromatic rings. The number of amides is 1. The van der Waals surface area contributed by atoms with Crippen molar-refractivity contribution >= 4 is 11.9 Å². The number of carboxylic acid groups (broad SMARTS) is 1. The van der Waals surface area contributed by atoms with E-state index < -0.39 is 11.4 Å². The summed E-state index contributed by atoms with van der Waals surface area (Å²) in [6, 6.07) is 0. The largest absolute Gasteiger partial charge is 0.480 e. The maximum atomic E-state index is 12.3. The summed E-state index contributed by atoms with van der Waals surface area (Å²) in [4.78, 5) is 25.3. The molecule has 102 valence electrons. The number of aliphatic carboxylic acids is 1. The van der Waals surface area contributed by atoms with E-state index in [0.717, 1.165) is 19.3 Å². The predicted octanol–water partition coefficient (Wildman–Crippen LogP) is 1.27. The molecular formula is C13H21NO4. The number of carboxylic acids is 1. The third kappa shape index (κ3) is 2.23. The highest BCUT2D eigenvalue weighted by molar-refractivity contribution is 6.02. The number of hydrogen-bond acceptors (Lipinski definition) is 3. The quantitative estimate of drug-likeness (QED) is 0.768. The van der Waals surface area contributed by atoms with Crippen molar-refractivity contribution < 1.29 is 19.4 Å². The van der Waals surface area contributed by atoms with Gasteiger partial charge >= 0.3 is 5.97 Å². The van der Waals surface area contributed by atoms with Crippen molar-refractivity contribution in [2.24, 2.45) is 5.41 Å². The second-order valence-corrected chi connectivity index (χ2v) is 5.19. The molecule has 0 atom stereocenters. The molecule has 1 saturated heterocycles.